The third kappa shape index (κ3) is 4.79. The number of hydrogen-bond acceptors (Lipinski definition) is 3. The molecule has 0 amide bonds. The minimum absolute atomic E-state index is 0. The molecule has 21 heavy (non-hydrogen) atoms. The molecule has 0 radical (unpaired) electrons. The first-order valence-electron chi connectivity index (χ1n) is 5.91. The van der Waals surface area contributed by atoms with Crippen LogP contribution in [0.2, 0.25) is 5.02 Å². The Morgan fingerprint density at radius 2 is 1.76 bits per heavy atom. The Balaban J connectivity index is 0.00000200. The SMILES string of the molecule is Cl.Cl.Oc1c(Cl)cc(F)cc1[C@@H](C(F)F)N1CCNCC1. The number of nitrogens with zero attached hydrogens (tertiary/aromatic N) is 1. The fourth-order valence-electron chi connectivity index (χ4n) is 2.26. The standard InChI is InChI=1S/C12H14ClF3N2O.2ClH/c13-9-6-7(14)5-8(11(9)19)10(12(15)16)18-3-1-17-2-4-18;;/h5-6,10,12,17,19H,1-4H2;2*1H/t10-;;/m0../s1. The number of phenolic OH excluding ortho intramolecular Hbond substituents is 1. The minimum Gasteiger partial charge on any atom is -0.506 e. The highest BCUT2D eigenvalue weighted by Crippen LogP contribution is 2.38. The molecule has 1 aromatic rings. The molecule has 1 aliphatic rings. The molecule has 1 aliphatic heterocycles. The lowest BCUT2D eigenvalue weighted by Crippen LogP contribution is -2.46. The fourth-order valence-corrected chi connectivity index (χ4v) is 2.48. The molecule has 0 aliphatic carbocycles. The zero-order valence-electron chi connectivity index (χ0n) is 10.9. The van der Waals surface area contributed by atoms with Gasteiger partial charge in [0.1, 0.15) is 17.6 Å². The predicted octanol–water partition coefficient (Wildman–Crippen LogP) is 3.24. The van der Waals surface area contributed by atoms with Crippen molar-refractivity contribution in [1.29, 1.82) is 0 Å². The smallest absolute Gasteiger partial charge is 0.258 e. The number of piperazine rings is 1. The van der Waals surface area contributed by atoms with Crippen molar-refractivity contribution in [2.45, 2.75) is 12.5 Å². The summed E-state index contributed by atoms with van der Waals surface area (Å²) in [4.78, 5) is 1.52. The van der Waals surface area contributed by atoms with Crippen LogP contribution in [0.15, 0.2) is 12.1 Å². The Morgan fingerprint density at radius 3 is 2.29 bits per heavy atom. The molecule has 3 nitrogen and oxygen atoms in total. The van der Waals surface area contributed by atoms with E-state index in [2.05, 4.69) is 5.32 Å². The molecule has 1 aromatic carbocycles. The average molecular weight is 368 g/mol. The number of hydrogen-bond donors (Lipinski definition) is 2. The van der Waals surface area contributed by atoms with Gasteiger partial charge in [0.2, 0.25) is 0 Å². The number of nitrogens with one attached hydrogen (secondary N) is 1. The summed E-state index contributed by atoms with van der Waals surface area (Å²) in [5.41, 5.74) is -0.165. The van der Waals surface area contributed by atoms with Gasteiger partial charge in [-0.1, -0.05) is 11.6 Å². The monoisotopic (exact) mass is 366 g/mol. The molecule has 1 fully saturated rings. The van der Waals surface area contributed by atoms with E-state index in [0.717, 1.165) is 12.1 Å². The number of benzene rings is 1. The van der Waals surface area contributed by atoms with Gasteiger partial charge in [-0.15, -0.1) is 24.8 Å². The van der Waals surface area contributed by atoms with Crippen molar-refractivity contribution in [2.75, 3.05) is 26.2 Å². The lowest BCUT2D eigenvalue weighted by atomic mass is 10.0. The van der Waals surface area contributed by atoms with Crippen molar-refractivity contribution >= 4 is 36.4 Å². The maximum Gasteiger partial charge on any atom is 0.258 e. The van der Waals surface area contributed by atoms with E-state index in [-0.39, 0.29) is 35.4 Å². The summed E-state index contributed by atoms with van der Waals surface area (Å²) in [5.74, 6) is -1.22. The Bertz CT molecular complexity index is 460. The van der Waals surface area contributed by atoms with Crippen molar-refractivity contribution in [3.05, 3.63) is 28.5 Å². The van der Waals surface area contributed by atoms with Crippen LogP contribution in [0.25, 0.3) is 0 Å². The Labute approximate surface area is 138 Å². The molecule has 1 heterocycles. The summed E-state index contributed by atoms with van der Waals surface area (Å²) in [6.07, 6.45) is -2.73. The lowest BCUT2D eigenvalue weighted by molar-refractivity contribution is 0.0169. The Morgan fingerprint density at radius 1 is 1.19 bits per heavy atom. The molecule has 122 valence electrons. The summed E-state index contributed by atoms with van der Waals surface area (Å²) in [7, 11) is 0. The largest absolute Gasteiger partial charge is 0.506 e. The van der Waals surface area contributed by atoms with Crippen LogP contribution in [0, 0.1) is 5.82 Å². The molecule has 2 rings (SSSR count). The molecular formula is C12H16Cl3F3N2O. The van der Waals surface area contributed by atoms with Crippen LogP contribution in [0.5, 0.6) is 5.75 Å². The van der Waals surface area contributed by atoms with Gasteiger partial charge in [0.05, 0.1) is 5.02 Å². The topological polar surface area (TPSA) is 35.5 Å². The third-order valence-electron chi connectivity index (χ3n) is 3.16. The first kappa shape index (κ1) is 20.6. The fraction of sp³-hybridized carbons (Fsp3) is 0.500. The van der Waals surface area contributed by atoms with Gasteiger partial charge in [0.15, 0.2) is 0 Å². The van der Waals surface area contributed by atoms with E-state index in [1.165, 1.54) is 4.90 Å². The highest BCUT2D eigenvalue weighted by Gasteiger charge is 2.33. The van der Waals surface area contributed by atoms with E-state index in [1.54, 1.807) is 0 Å². The maximum atomic E-state index is 13.3. The van der Waals surface area contributed by atoms with Gasteiger partial charge in [-0.3, -0.25) is 4.90 Å². The van der Waals surface area contributed by atoms with Crippen molar-refractivity contribution in [3.63, 3.8) is 0 Å². The summed E-state index contributed by atoms with van der Waals surface area (Å²) >= 11 is 5.64. The van der Waals surface area contributed by atoms with Crippen LogP contribution in [0.1, 0.15) is 11.6 Å². The van der Waals surface area contributed by atoms with Crippen molar-refractivity contribution in [3.8, 4) is 5.75 Å². The summed E-state index contributed by atoms with van der Waals surface area (Å²) in [6, 6.07) is 0.469. The Kier molecular flexibility index (Phi) is 8.73. The van der Waals surface area contributed by atoms with Gasteiger partial charge < -0.3 is 10.4 Å². The highest BCUT2D eigenvalue weighted by molar-refractivity contribution is 6.32. The zero-order valence-corrected chi connectivity index (χ0v) is 13.2. The molecule has 0 saturated carbocycles. The molecular weight excluding hydrogens is 351 g/mol. The summed E-state index contributed by atoms with van der Waals surface area (Å²) in [6.45, 7) is 1.96. The normalized spacial score (nSPS) is 17.0. The number of phenols is 1. The number of aromatic hydroxyl groups is 1. The highest BCUT2D eigenvalue weighted by atomic mass is 35.5. The van der Waals surface area contributed by atoms with Gasteiger partial charge in [0.25, 0.3) is 6.43 Å². The molecule has 1 atom stereocenters. The molecule has 0 unspecified atom stereocenters. The molecule has 9 heteroatoms. The maximum absolute atomic E-state index is 13.3. The minimum atomic E-state index is -2.73. The number of alkyl halides is 2. The van der Waals surface area contributed by atoms with E-state index in [1.807, 2.05) is 0 Å². The predicted molar refractivity (Wildman–Crippen MR) is 80.8 cm³/mol. The molecule has 2 N–H and O–H groups in total. The van der Waals surface area contributed by atoms with Crippen molar-refractivity contribution < 1.29 is 18.3 Å². The Hall–Kier alpha value is -0.400. The zero-order chi connectivity index (χ0) is 14.0. The average Bonchev–Trinajstić information content (AvgIpc) is 2.36. The number of rotatable bonds is 3. The van der Waals surface area contributed by atoms with E-state index >= 15 is 0 Å². The lowest BCUT2D eigenvalue weighted by Gasteiger charge is -2.35. The van der Waals surface area contributed by atoms with Gasteiger partial charge in [-0.05, 0) is 12.1 Å². The van der Waals surface area contributed by atoms with Crippen LogP contribution in [0.3, 0.4) is 0 Å². The summed E-state index contributed by atoms with van der Waals surface area (Å²) in [5, 5.41) is 12.6. The van der Waals surface area contributed by atoms with Crippen LogP contribution < -0.4 is 5.32 Å². The molecule has 1 saturated heterocycles. The first-order valence-corrected chi connectivity index (χ1v) is 6.29. The first-order chi connectivity index (χ1) is 9.00. The molecule has 0 aromatic heterocycles. The van der Waals surface area contributed by atoms with E-state index < -0.39 is 24.0 Å². The van der Waals surface area contributed by atoms with Crippen LogP contribution in [0.4, 0.5) is 13.2 Å². The second kappa shape index (κ2) is 8.90. The van der Waals surface area contributed by atoms with Gasteiger partial charge >= 0.3 is 0 Å². The summed E-state index contributed by atoms with van der Waals surface area (Å²) < 4.78 is 39.9. The second-order valence-corrected chi connectivity index (χ2v) is 4.80. The van der Waals surface area contributed by atoms with E-state index in [4.69, 9.17) is 11.6 Å². The number of halogens is 6. The molecule has 0 spiro atoms. The third-order valence-corrected chi connectivity index (χ3v) is 3.45. The van der Waals surface area contributed by atoms with E-state index in [9.17, 15) is 18.3 Å². The van der Waals surface area contributed by atoms with Crippen molar-refractivity contribution in [1.82, 2.24) is 10.2 Å². The van der Waals surface area contributed by atoms with Crippen molar-refractivity contribution in [2.24, 2.45) is 0 Å². The van der Waals surface area contributed by atoms with Crippen LogP contribution in [-0.2, 0) is 0 Å². The van der Waals surface area contributed by atoms with Crippen LogP contribution >= 0.6 is 36.4 Å². The second-order valence-electron chi connectivity index (χ2n) is 4.39. The van der Waals surface area contributed by atoms with Gasteiger partial charge in [0, 0.05) is 31.7 Å². The van der Waals surface area contributed by atoms with Gasteiger partial charge in [-0.25, -0.2) is 13.2 Å². The quantitative estimate of drug-likeness (QED) is 0.861. The van der Waals surface area contributed by atoms with Crippen LogP contribution in [-0.4, -0.2) is 42.6 Å². The van der Waals surface area contributed by atoms with Gasteiger partial charge in [-0.2, -0.15) is 0 Å². The van der Waals surface area contributed by atoms with E-state index in [0.29, 0.717) is 26.2 Å². The molecule has 0 bridgehead atoms.